The number of fused-ring (bicyclic) bond motifs is 2. The lowest BCUT2D eigenvalue weighted by Gasteiger charge is -2.16. The molecule has 3 heterocycles. The number of aryl methyl sites for hydroxylation is 2. The molecule has 3 atom stereocenters. The number of thioether (sulfide) groups is 1. The molecule has 8 heteroatoms. The number of anilines is 1. The molecule has 0 spiro atoms. The van der Waals surface area contributed by atoms with Crippen molar-refractivity contribution in [3.63, 3.8) is 0 Å². The SMILES string of the molecule is O=C(CCCC[C@@H]1SC[C@@H]2NC(=O)N[C@@H]21)Nc1nc2c(s1)CCCCC2. The van der Waals surface area contributed by atoms with Crippen molar-refractivity contribution in [2.24, 2.45) is 0 Å². The van der Waals surface area contributed by atoms with E-state index in [1.54, 1.807) is 11.3 Å². The molecule has 6 nitrogen and oxygen atoms in total. The fraction of sp³-hybridized carbons (Fsp3) is 0.722. The van der Waals surface area contributed by atoms with Gasteiger partial charge >= 0.3 is 6.03 Å². The lowest BCUT2D eigenvalue weighted by molar-refractivity contribution is -0.116. The van der Waals surface area contributed by atoms with E-state index in [9.17, 15) is 9.59 Å². The second-order valence-corrected chi connectivity index (χ2v) is 9.72. The molecule has 0 bridgehead atoms. The van der Waals surface area contributed by atoms with E-state index in [1.807, 2.05) is 11.8 Å². The number of nitrogens with zero attached hydrogens (tertiary/aromatic N) is 1. The minimum atomic E-state index is -0.0356. The van der Waals surface area contributed by atoms with Crippen LogP contribution in [-0.4, -0.2) is 40.0 Å². The maximum Gasteiger partial charge on any atom is 0.315 e. The number of nitrogens with one attached hydrogen (secondary N) is 3. The number of hydrogen-bond acceptors (Lipinski definition) is 5. The molecular formula is C18H26N4O2S2. The molecule has 4 rings (SSSR count). The van der Waals surface area contributed by atoms with Crippen molar-refractivity contribution in [3.8, 4) is 0 Å². The molecular weight excluding hydrogens is 368 g/mol. The van der Waals surface area contributed by atoms with Crippen molar-refractivity contribution in [3.05, 3.63) is 10.6 Å². The molecule has 0 saturated carbocycles. The molecule has 0 aromatic carbocycles. The first kappa shape index (κ1) is 18.1. The van der Waals surface area contributed by atoms with Gasteiger partial charge in [0.15, 0.2) is 5.13 Å². The Bertz CT molecular complexity index is 655. The number of amides is 3. The number of carbonyl (C=O) groups is 2. The van der Waals surface area contributed by atoms with Gasteiger partial charge in [0.25, 0.3) is 0 Å². The maximum atomic E-state index is 12.2. The lowest BCUT2D eigenvalue weighted by atomic mass is 10.0. The summed E-state index contributed by atoms with van der Waals surface area (Å²) in [5.41, 5.74) is 1.20. The van der Waals surface area contributed by atoms with E-state index < -0.39 is 0 Å². The molecule has 3 amide bonds. The van der Waals surface area contributed by atoms with E-state index in [1.165, 1.54) is 29.8 Å². The van der Waals surface area contributed by atoms with E-state index >= 15 is 0 Å². The fourth-order valence-electron chi connectivity index (χ4n) is 4.04. The highest BCUT2D eigenvalue weighted by molar-refractivity contribution is 8.00. The van der Waals surface area contributed by atoms with Crippen molar-refractivity contribution in [1.82, 2.24) is 15.6 Å². The summed E-state index contributed by atoms with van der Waals surface area (Å²) in [6, 6.07) is 0.500. The Hall–Kier alpha value is -1.28. The average molecular weight is 395 g/mol. The number of hydrogen-bond donors (Lipinski definition) is 3. The van der Waals surface area contributed by atoms with E-state index in [-0.39, 0.29) is 24.0 Å². The second kappa shape index (κ2) is 8.17. The summed E-state index contributed by atoms with van der Waals surface area (Å²) in [6.07, 6.45) is 9.37. The van der Waals surface area contributed by atoms with Gasteiger partial charge < -0.3 is 16.0 Å². The summed E-state index contributed by atoms with van der Waals surface area (Å²) in [6.45, 7) is 0. The molecule has 1 aromatic heterocycles. The summed E-state index contributed by atoms with van der Waals surface area (Å²) in [7, 11) is 0. The van der Waals surface area contributed by atoms with Gasteiger partial charge in [-0.25, -0.2) is 9.78 Å². The Morgan fingerprint density at radius 1 is 1.19 bits per heavy atom. The normalized spacial score (nSPS) is 27.2. The molecule has 2 saturated heterocycles. The van der Waals surface area contributed by atoms with Gasteiger partial charge in [0.1, 0.15) is 0 Å². The summed E-state index contributed by atoms with van der Waals surface area (Å²) >= 11 is 3.58. The number of rotatable bonds is 6. The second-order valence-electron chi connectivity index (χ2n) is 7.37. The third kappa shape index (κ3) is 4.17. The summed E-state index contributed by atoms with van der Waals surface area (Å²) in [5.74, 6) is 1.06. The average Bonchev–Trinajstić information content (AvgIpc) is 3.22. The van der Waals surface area contributed by atoms with Crippen LogP contribution in [0.5, 0.6) is 0 Å². The highest BCUT2D eigenvalue weighted by Gasteiger charge is 2.42. The van der Waals surface area contributed by atoms with Crippen LogP contribution in [0.25, 0.3) is 0 Å². The van der Waals surface area contributed by atoms with E-state index in [0.29, 0.717) is 11.7 Å². The zero-order chi connectivity index (χ0) is 17.9. The Balaban J connectivity index is 1.17. The largest absolute Gasteiger partial charge is 0.332 e. The van der Waals surface area contributed by atoms with Crippen molar-refractivity contribution < 1.29 is 9.59 Å². The quantitative estimate of drug-likeness (QED) is 0.393. The molecule has 1 aliphatic carbocycles. The lowest BCUT2D eigenvalue weighted by Crippen LogP contribution is -2.36. The Morgan fingerprint density at radius 2 is 2.08 bits per heavy atom. The molecule has 0 radical (unpaired) electrons. The van der Waals surface area contributed by atoms with Crippen LogP contribution in [0.4, 0.5) is 9.93 Å². The highest BCUT2D eigenvalue weighted by Crippen LogP contribution is 2.33. The molecule has 0 unspecified atom stereocenters. The third-order valence-corrected chi connectivity index (χ3v) is 8.00. The maximum absolute atomic E-state index is 12.2. The van der Waals surface area contributed by atoms with Gasteiger partial charge in [0, 0.05) is 22.3 Å². The van der Waals surface area contributed by atoms with Crippen LogP contribution in [0, 0.1) is 0 Å². The minimum Gasteiger partial charge on any atom is -0.332 e. The summed E-state index contributed by atoms with van der Waals surface area (Å²) < 4.78 is 0. The van der Waals surface area contributed by atoms with Crippen LogP contribution in [-0.2, 0) is 17.6 Å². The zero-order valence-corrected chi connectivity index (χ0v) is 16.5. The van der Waals surface area contributed by atoms with Crippen molar-refractivity contribution in [2.75, 3.05) is 11.1 Å². The number of unbranched alkanes of at least 4 members (excludes halogenated alkanes) is 1. The molecule has 3 N–H and O–H groups in total. The van der Waals surface area contributed by atoms with E-state index in [4.69, 9.17) is 0 Å². The number of carbonyl (C=O) groups excluding carboxylic acids is 2. The van der Waals surface area contributed by atoms with Gasteiger partial charge in [0.05, 0.1) is 17.8 Å². The van der Waals surface area contributed by atoms with Crippen molar-refractivity contribution in [2.45, 2.75) is 75.1 Å². The first-order valence-electron chi connectivity index (χ1n) is 9.66. The predicted molar refractivity (Wildman–Crippen MR) is 106 cm³/mol. The number of aromatic nitrogens is 1. The van der Waals surface area contributed by atoms with Gasteiger partial charge in [0.2, 0.25) is 5.91 Å². The standard InChI is InChI=1S/C18H26N4O2S2/c23-15(21-18-20-11-6-2-1-3-7-13(11)26-18)9-5-4-8-14-16-12(10-25-14)19-17(24)22-16/h12,14,16H,1-10H2,(H2,19,22,24)(H,20,21,23)/t12-,14-,16-/m0/s1. The molecule has 2 aliphatic heterocycles. The Kier molecular flexibility index (Phi) is 5.69. The van der Waals surface area contributed by atoms with Crippen molar-refractivity contribution in [1.29, 1.82) is 0 Å². The van der Waals surface area contributed by atoms with Crippen LogP contribution >= 0.6 is 23.1 Å². The topological polar surface area (TPSA) is 83.1 Å². The summed E-state index contributed by atoms with van der Waals surface area (Å²) in [5, 5.41) is 10.2. The van der Waals surface area contributed by atoms with Crippen LogP contribution in [0.3, 0.4) is 0 Å². The number of thiazole rings is 1. The van der Waals surface area contributed by atoms with Crippen LogP contribution in [0.1, 0.15) is 55.5 Å². The predicted octanol–water partition coefficient (Wildman–Crippen LogP) is 3.08. The van der Waals surface area contributed by atoms with Gasteiger partial charge in [-0.15, -0.1) is 11.3 Å². The van der Waals surface area contributed by atoms with Gasteiger partial charge in [-0.05, 0) is 38.5 Å². The smallest absolute Gasteiger partial charge is 0.315 e. The van der Waals surface area contributed by atoms with Gasteiger partial charge in [-0.1, -0.05) is 12.8 Å². The van der Waals surface area contributed by atoms with Gasteiger partial charge in [-0.3, -0.25) is 4.79 Å². The molecule has 26 heavy (non-hydrogen) atoms. The van der Waals surface area contributed by atoms with E-state index in [2.05, 4.69) is 20.9 Å². The van der Waals surface area contributed by atoms with Crippen LogP contribution in [0.15, 0.2) is 0 Å². The first-order chi connectivity index (χ1) is 12.7. The molecule has 3 aliphatic rings. The Labute approximate surface area is 162 Å². The molecule has 2 fully saturated rings. The van der Waals surface area contributed by atoms with Crippen LogP contribution < -0.4 is 16.0 Å². The Morgan fingerprint density at radius 3 is 3.00 bits per heavy atom. The third-order valence-electron chi connectivity index (χ3n) is 5.42. The molecule has 1 aromatic rings. The zero-order valence-electron chi connectivity index (χ0n) is 14.9. The fourth-order valence-corrected chi connectivity index (χ4v) is 6.65. The van der Waals surface area contributed by atoms with E-state index in [0.717, 1.165) is 43.0 Å². The van der Waals surface area contributed by atoms with Gasteiger partial charge in [-0.2, -0.15) is 11.8 Å². The monoisotopic (exact) mass is 394 g/mol. The van der Waals surface area contributed by atoms with Crippen LogP contribution in [0.2, 0.25) is 0 Å². The first-order valence-corrected chi connectivity index (χ1v) is 11.5. The minimum absolute atomic E-state index is 0.0356. The highest BCUT2D eigenvalue weighted by atomic mass is 32.2. The number of urea groups is 1. The molecule has 142 valence electrons. The van der Waals surface area contributed by atoms with Crippen molar-refractivity contribution >= 4 is 40.2 Å². The summed E-state index contributed by atoms with van der Waals surface area (Å²) in [4.78, 5) is 29.6.